The van der Waals surface area contributed by atoms with Crippen LogP contribution in [0.2, 0.25) is 0 Å². The molecule has 0 bridgehead atoms. The smallest absolute Gasteiger partial charge is 0.337 e. The van der Waals surface area contributed by atoms with E-state index in [4.69, 9.17) is 5.21 Å². The van der Waals surface area contributed by atoms with Gasteiger partial charge in [0.1, 0.15) is 6.04 Å². The highest BCUT2D eigenvalue weighted by atomic mass is 16.5. The predicted octanol–water partition coefficient (Wildman–Crippen LogP) is 3.48. The highest BCUT2D eigenvalue weighted by Crippen LogP contribution is 2.23. The lowest BCUT2D eigenvalue weighted by Crippen LogP contribution is -2.53. The number of amides is 3. The first kappa shape index (κ1) is 28.5. The topological polar surface area (TPSA) is 134 Å². The van der Waals surface area contributed by atoms with E-state index in [1.54, 1.807) is 17.6 Å². The molecule has 2 aromatic rings. The fourth-order valence-corrected chi connectivity index (χ4v) is 3.75. The minimum absolute atomic E-state index is 0.204. The number of carbonyl (C=O) groups excluding carboxylic acids is 4. The van der Waals surface area contributed by atoms with Crippen LogP contribution in [0.25, 0.3) is 0 Å². The second-order valence-corrected chi connectivity index (χ2v) is 9.68. The number of esters is 1. The van der Waals surface area contributed by atoms with Crippen LogP contribution >= 0.6 is 0 Å². The zero-order chi connectivity index (χ0) is 26.7. The van der Waals surface area contributed by atoms with Crippen LogP contribution in [-0.2, 0) is 25.5 Å². The molecule has 9 nitrogen and oxygen atoms in total. The van der Waals surface area contributed by atoms with E-state index < -0.39 is 41.1 Å². The summed E-state index contributed by atoms with van der Waals surface area (Å²) in [6.45, 7) is 5.47. The number of hydrogen-bond donors (Lipinski definition) is 4. The van der Waals surface area contributed by atoms with Crippen LogP contribution in [0, 0.1) is 11.3 Å². The molecule has 36 heavy (non-hydrogen) atoms. The van der Waals surface area contributed by atoms with E-state index in [0.29, 0.717) is 24.1 Å². The van der Waals surface area contributed by atoms with E-state index in [9.17, 15) is 19.2 Å². The Morgan fingerprint density at radius 3 is 2.14 bits per heavy atom. The average molecular weight is 498 g/mol. The number of anilines is 1. The molecule has 0 saturated heterocycles. The summed E-state index contributed by atoms with van der Waals surface area (Å²) >= 11 is 0. The van der Waals surface area contributed by atoms with Gasteiger partial charge in [0.25, 0.3) is 0 Å². The summed E-state index contributed by atoms with van der Waals surface area (Å²) in [4.78, 5) is 49.8. The summed E-state index contributed by atoms with van der Waals surface area (Å²) in [6.07, 6.45) is 1.59. The minimum atomic E-state index is -0.904. The molecule has 0 fully saturated rings. The lowest BCUT2D eigenvalue weighted by Gasteiger charge is -2.31. The van der Waals surface area contributed by atoms with E-state index in [0.717, 1.165) is 12.0 Å². The van der Waals surface area contributed by atoms with Crippen molar-refractivity contribution in [1.29, 1.82) is 0 Å². The van der Waals surface area contributed by atoms with Gasteiger partial charge in [-0.05, 0) is 54.5 Å². The lowest BCUT2D eigenvalue weighted by atomic mass is 9.85. The summed E-state index contributed by atoms with van der Waals surface area (Å²) in [7, 11) is 1.29. The Balaban J connectivity index is 2.10. The van der Waals surface area contributed by atoms with Crippen molar-refractivity contribution in [2.24, 2.45) is 11.3 Å². The molecule has 0 heterocycles. The van der Waals surface area contributed by atoms with Crippen molar-refractivity contribution in [3.8, 4) is 0 Å². The molecule has 2 aromatic carbocycles. The van der Waals surface area contributed by atoms with Crippen LogP contribution in [0.3, 0.4) is 0 Å². The van der Waals surface area contributed by atoms with Gasteiger partial charge in [-0.2, -0.15) is 0 Å². The molecule has 0 aliphatic heterocycles. The molecule has 2 atom stereocenters. The molecule has 0 saturated carbocycles. The van der Waals surface area contributed by atoms with Gasteiger partial charge in [0.2, 0.25) is 17.7 Å². The van der Waals surface area contributed by atoms with E-state index in [2.05, 4.69) is 15.4 Å². The Labute approximate surface area is 211 Å². The quantitative estimate of drug-likeness (QED) is 0.213. The predicted molar refractivity (Wildman–Crippen MR) is 135 cm³/mol. The van der Waals surface area contributed by atoms with Crippen LogP contribution in [0.15, 0.2) is 54.6 Å². The number of benzene rings is 2. The number of aryl methyl sites for hydroxylation is 1. The van der Waals surface area contributed by atoms with Gasteiger partial charge in [-0.15, -0.1) is 0 Å². The Morgan fingerprint density at radius 1 is 0.944 bits per heavy atom. The van der Waals surface area contributed by atoms with Crippen molar-refractivity contribution < 1.29 is 29.1 Å². The van der Waals surface area contributed by atoms with Crippen molar-refractivity contribution in [3.63, 3.8) is 0 Å². The minimum Gasteiger partial charge on any atom is -0.465 e. The Morgan fingerprint density at radius 2 is 1.58 bits per heavy atom. The summed E-state index contributed by atoms with van der Waals surface area (Å²) < 4.78 is 4.68. The van der Waals surface area contributed by atoms with E-state index >= 15 is 0 Å². The number of hydroxylamine groups is 1. The summed E-state index contributed by atoms with van der Waals surface area (Å²) in [5.41, 5.74) is 2.86. The number of ether oxygens (including phenoxy) is 1. The normalized spacial score (nSPS) is 12.7. The van der Waals surface area contributed by atoms with E-state index in [1.165, 1.54) is 19.2 Å². The van der Waals surface area contributed by atoms with E-state index in [-0.39, 0.29) is 6.42 Å². The largest absolute Gasteiger partial charge is 0.465 e. The summed E-state index contributed by atoms with van der Waals surface area (Å²) in [6, 6.07) is 15.1. The second-order valence-electron chi connectivity index (χ2n) is 9.68. The highest BCUT2D eigenvalue weighted by molar-refractivity contribution is 5.99. The van der Waals surface area contributed by atoms with Crippen LogP contribution in [0.5, 0.6) is 0 Å². The first-order chi connectivity index (χ1) is 17.0. The van der Waals surface area contributed by atoms with Gasteiger partial charge in [-0.3, -0.25) is 19.6 Å². The molecule has 4 N–H and O–H groups in total. The number of rotatable bonds is 11. The summed E-state index contributed by atoms with van der Waals surface area (Å²) in [5, 5.41) is 14.6. The van der Waals surface area contributed by atoms with Gasteiger partial charge >= 0.3 is 5.97 Å². The molecular weight excluding hydrogens is 462 g/mol. The average Bonchev–Trinajstić information content (AvgIpc) is 2.86. The maximum atomic E-state index is 13.2. The third-order valence-electron chi connectivity index (χ3n) is 5.78. The molecular formula is C27H35N3O6. The molecule has 2 unspecified atom stereocenters. The fourth-order valence-electron chi connectivity index (χ4n) is 3.75. The molecule has 3 amide bonds. The molecule has 0 aliphatic carbocycles. The number of hydrogen-bond acceptors (Lipinski definition) is 6. The first-order valence-electron chi connectivity index (χ1n) is 11.8. The third kappa shape index (κ3) is 8.81. The van der Waals surface area contributed by atoms with E-state index in [1.807, 2.05) is 51.1 Å². The molecule has 0 spiro atoms. The van der Waals surface area contributed by atoms with Crippen LogP contribution in [-0.4, -0.2) is 42.0 Å². The zero-order valence-electron chi connectivity index (χ0n) is 21.2. The van der Waals surface area contributed by atoms with Gasteiger partial charge in [-0.1, -0.05) is 51.1 Å². The Bertz CT molecular complexity index is 1030. The maximum absolute atomic E-state index is 13.2. The number of methoxy groups -OCH3 is 1. The molecule has 0 aromatic heterocycles. The summed E-state index contributed by atoms with van der Waals surface area (Å²) in [5.74, 6) is -2.76. The molecule has 2 rings (SSSR count). The molecule has 194 valence electrons. The van der Waals surface area contributed by atoms with Crippen molar-refractivity contribution in [3.05, 3.63) is 65.7 Å². The van der Waals surface area contributed by atoms with Gasteiger partial charge in [0, 0.05) is 18.0 Å². The molecule has 0 aliphatic rings. The maximum Gasteiger partial charge on any atom is 0.337 e. The van der Waals surface area contributed by atoms with Crippen LogP contribution in [0.1, 0.15) is 56.0 Å². The van der Waals surface area contributed by atoms with Crippen molar-refractivity contribution in [1.82, 2.24) is 10.8 Å². The second kappa shape index (κ2) is 13.4. The molecule has 0 radical (unpaired) electrons. The Hall–Kier alpha value is -3.72. The van der Waals surface area contributed by atoms with Gasteiger partial charge in [0.05, 0.1) is 12.7 Å². The van der Waals surface area contributed by atoms with Crippen LogP contribution < -0.4 is 16.1 Å². The molecule has 9 heteroatoms. The number of carbonyl (C=O) groups is 4. The van der Waals surface area contributed by atoms with Gasteiger partial charge in [-0.25, -0.2) is 10.3 Å². The standard InChI is InChI=1S/C27H35N3O6/c1-27(2,3)23(25(33)28-21-15-13-19(14-16-21)26(34)36-4)29-24(32)20(17-22(31)30-35)12-8-11-18-9-6-5-7-10-18/h5-7,9-10,13-16,20,23,35H,8,11-12,17H2,1-4H3,(H,28,33)(H,29,32)(H,30,31). The SMILES string of the molecule is COC(=O)c1ccc(NC(=O)C(NC(=O)C(CCCc2ccccc2)CC(=O)NO)C(C)(C)C)cc1. The lowest BCUT2D eigenvalue weighted by molar-refractivity contribution is -0.136. The zero-order valence-corrected chi connectivity index (χ0v) is 21.2. The van der Waals surface area contributed by atoms with Gasteiger partial charge in [0.15, 0.2) is 0 Å². The first-order valence-corrected chi connectivity index (χ1v) is 11.8. The fraction of sp³-hybridized carbons (Fsp3) is 0.407. The monoisotopic (exact) mass is 497 g/mol. The van der Waals surface area contributed by atoms with Crippen molar-refractivity contribution in [2.75, 3.05) is 12.4 Å². The van der Waals surface area contributed by atoms with Gasteiger partial charge < -0.3 is 15.4 Å². The van der Waals surface area contributed by atoms with Crippen molar-refractivity contribution >= 4 is 29.4 Å². The third-order valence-corrected chi connectivity index (χ3v) is 5.78. The highest BCUT2D eigenvalue weighted by Gasteiger charge is 2.35. The van der Waals surface area contributed by atoms with Crippen LogP contribution in [0.4, 0.5) is 5.69 Å². The number of nitrogens with one attached hydrogen (secondary N) is 3. The Kier molecular flexibility index (Phi) is 10.6. The van der Waals surface area contributed by atoms with Crippen molar-refractivity contribution in [2.45, 2.75) is 52.5 Å².